The molecule has 0 saturated carbocycles. The summed E-state index contributed by atoms with van der Waals surface area (Å²) in [5.41, 5.74) is 0.642. The molecule has 3 amide bonds. The third kappa shape index (κ3) is 4.18. The first-order valence-electron chi connectivity index (χ1n) is 9.91. The minimum absolute atomic E-state index is 0.0676. The van der Waals surface area contributed by atoms with Gasteiger partial charge >= 0.3 is 0 Å². The summed E-state index contributed by atoms with van der Waals surface area (Å²) in [5, 5.41) is 2.03. The van der Waals surface area contributed by atoms with Crippen LogP contribution in [-0.2, 0) is 14.6 Å². The Kier molecular flexibility index (Phi) is 6.45. The molecule has 0 fully saturated rings. The highest BCUT2D eigenvalue weighted by Gasteiger charge is 2.36. The number of methoxy groups -OCH3 is 1. The molecule has 2 aromatic rings. The SMILES string of the molecule is CCC(CC)S(=O)(=O)c1ccc(OC)c(NC(=O)CN2C(=O)c3ccccc3C2=O)c1. The Morgan fingerprint density at radius 3 is 2.13 bits per heavy atom. The molecule has 0 unspecified atom stereocenters. The van der Waals surface area contributed by atoms with Gasteiger partial charge in [-0.3, -0.25) is 19.3 Å². The van der Waals surface area contributed by atoms with Crippen molar-refractivity contribution < 1.29 is 27.5 Å². The number of benzene rings is 2. The Morgan fingerprint density at radius 2 is 1.61 bits per heavy atom. The molecule has 1 N–H and O–H groups in total. The number of fused-ring (bicyclic) bond motifs is 1. The lowest BCUT2D eigenvalue weighted by Crippen LogP contribution is -2.37. The number of nitrogens with zero attached hydrogens (tertiary/aromatic N) is 1. The lowest BCUT2D eigenvalue weighted by atomic mass is 10.1. The van der Waals surface area contributed by atoms with E-state index in [9.17, 15) is 22.8 Å². The number of carbonyl (C=O) groups excluding carboxylic acids is 3. The van der Waals surface area contributed by atoms with E-state index in [4.69, 9.17) is 4.74 Å². The Hall–Kier alpha value is -3.20. The van der Waals surface area contributed by atoms with Gasteiger partial charge in [-0.25, -0.2) is 8.42 Å². The molecule has 0 saturated heterocycles. The average Bonchev–Trinajstić information content (AvgIpc) is 2.99. The zero-order chi connectivity index (χ0) is 22.8. The Balaban J connectivity index is 1.83. The normalized spacial score (nSPS) is 13.5. The maximum atomic E-state index is 12.9. The predicted molar refractivity (Wildman–Crippen MR) is 115 cm³/mol. The van der Waals surface area contributed by atoms with Crippen LogP contribution in [0.3, 0.4) is 0 Å². The van der Waals surface area contributed by atoms with Crippen molar-refractivity contribution in [3.63, 3.8) is 0 Å². The van der Waals surface area contributed by atoms with Gasteiger partial charge in [0.05, 0.1) is 34.1 Å². The number of nitrogens with one attached hydrogen (secondary N) is 1. The highest BCUT2D eigenvalue weighted by molar-refractivity contribution is 7.92. The molecule has 9 heteroatoms. The highest BCUT2D eigenvalue weighted by Crippen LogP contribution is 2.30. The largest absolute Gasteiger partial charge is 0.495 e. The van der Waals surface area contributed by atoms with Gasteiger partial charge in [0.25, 0.3) is 11.8 Å². The Morgan fingerprint density at radius 1 is 1.03 bits per heavy atom. The van der Waals surface area contributed by atoms with Crippen molar-refractivity contribution in [2.24, 2.45) is 0 Å². The van der Waals surface area contributed by atoms with Gasteiger partial charge < -0.3 is 10.1 Å². The molecule has 0 aliphatic carbocycles. The Labute approximate surface area is 181 Å². The highest BCUT2D eigenvalue weighted by atomic mass is 32.2. The van der Waals surface area contributed by atoms with Crippen LogP contribution in [0.1, 0.15) is 47.4 Å². The van der Waals surface area contributed by atoms with E-state index < -0.39 is 39.4 Å². The number of hydrogen-bond donors (Lipinski definition) is 1. The van der Waals surface area contributed by atoms with Crippen molar-refractivity contribution in [1.29, 1.82) is 0 Å². The molecular formula is C22H24N2O6S. The molecular weight excluding hydrogens is 420 g/mol. The molecule has 164 valence electrons. The molecule has 0 bridgehead atoms. The van der Waals surface area contributed by atoms with E-state index in [0.717, 1.165) is 4.90 Å². The molecule has 3 rings (SSSR count). The van der Waals surface area contributed by atoms with Gasteiger partial charge in [0, 0.05) is 0 Å². The summed E-state index contributed by atoms with van der Waals surface area (Å²) >= 11 is 0. The van der Waals surface area contributed by atoms with E-state index in [1.165, 1.54) is 37.4 Å². The van der Waals surface area contributed by atoms with E-state index in [-0.39, 0.29) is 27.5 Å². The first-order chi connectivity index (χ1) is 14.7. The predicted octanol–water partition coefficient (Wildman–Crippen LogP) is 2.89. The molecule has 1 aliphatic rings. The first-order valence-corrected chi connectivity index (χ1v) is 11.5. The van der Waals surface area contributed by atoms with Crippen LogP contribution in [0.2, 0.25) is 0 Å². The second-order valence-corrected chi connectivity index (χ2v) is 9.36. The summed E-state index contributed by atoms with van der Waals surface area (Å²) in [6, 6.07) is 10.6. The number of sulfone groups is 1. The minimum Gasteiger partial charge on any atom is -0.495 e. The van der Waals surface area contributed by atoms with Gasteiger partial charge in [-0.2, -0.15) is 0 Å². The molecule has 2 aromatic carbocycles. The van der Waals surface area contributed by atoms with Crippen LogP contribution in [0.15, 0.2) is 47.4 Å². The van der Waals surface area contributed by atoms with Crippen molar-refractivity contribution >= 4 is 33.2 Å². The fourth-order valence-corrected chi connectivity index (χ4v) is 5.40. The quantitative estimate of drug-likeness (QED) is 0.627. The molecule has 0 atom stereocenters. The fourth-order valence-electron chi connectivity index (χ4n) is 3.60. The smallest absolute Gasteiger partial charge is 0.262 e. The molecule has 0 radical (unpaired) electrons. The van der Waals surface area contributed by atoms with Crippen LogP contribution in [0.4, 0.5) is 5.69 Å². The van der Waals surface area contributed by atoms with Gasteiger partial charge in [0.15, 0.2) is 9.84 Å². The van der Waals surface area contributed by atoms with Gasteiger partial charge in [0.2, 0.25) is 5.91 Å². The summed E-state index contributed by atoms with van der Waals surface area (Å²) < 4.78 is 31.0. The van der Waals surface area contributed by atoms with Gasteiger partial charge in [-0.1, -0.05) is 26.0 Å². The average molecular weight is 445 g/mol. The lowest BCUT2D eigenvalue weighted by molar-refractivity contribution is -0.116. The van der Waals surface area contributed by atoms with Crippen molar-refractivity contribution in [1.82, 2.24) is 4.90 Å². The summed E-state index contributed by atoms with van der Waals surface area (Å²) in [6.45, 7) is 3.11. The second-order valence-electron chi connectivity index (χ2n) is 7.14. The van der Waals surface area contributed by atoms with Crippen molar-refractivity contribution in [3.05, 3.63) is 53.6 Å². The van der Waals surface area contributed by atoms with Crippen molar-refractivity contribution in [2.75, 3.05) is 19.0 Å². The topological polar surface area (TPSA) is 110 Å². The van der Waals surface area contributed by atoms with Crippen LogP contribution in [-0.4, -0.2) is 49.9 Å². The summed E-state index contributed by atoms with van der Waals surface area (Å²) in [4.78, 5) is 38.5. The number of rotatable bonds is 8. The second kappa shape index (κ2) is 8.89. The van der Waals surface area contributed by atoms with Crippen LogP contribution in [0.5, 0.6) is 5.75 Å². The first kappa shape index (κ1) is 22.5. The zero-order valence-corrected chi connectivity index (χ0v) is 18.4. The van der Waals surface area contributed by atoms with Crippen LogP contribution >= 0.6 is 0 Å². The summed E-state index contributed by atoms with van der Waals surface area (Å²) in [7, 11) is -2.19. The number of ether oxygens (including phenoxy) is 1. The minimum atomic E-state index is -3.59. The molecule has 0 spiro atoms. The zero-order valence-electron chi connectivity index (χ0n) is 17.5. The van der Waals surface area contributed by atoms with Gasteiger partial charge in [-0.05, 0) is 43.2 Å². The maximum Gasteiger partial charge on any atom is 0.262 e. The third-order valence-corrected chi connectivity index (χ3v) is 7.76. The van der Waals surface area contributed by atoms with Crippen LogP contribution in [0, 0.1) is 0 Å². The molecule has 0 aromatic heterocycles. The number of anilines is 1. The van der Waals surface area contributed by atoms with Gasteiger partial charge in [-0.15, -0.1) is 0 Å². The van der Waals surface area contributed by atoms with Crippen molar-refractivity contribution in [2.45, 2.75) is 36.8 Å². The third-order valence-electron chi connectivity index (χ3n) is 5.30. The number of imide groups is 1. The van der Waals surface area contributed by atoms with Gasteiger partial charge in [0.1, 0.15) is 12.3 Å². The maximum absolute atomic E-state index is 12.9. The number of carbonyl (C=O) groups is 3. The molecule has 8 nitrogen and oxygen atoms in total. The van der Waals surface area contributed by atoms with E-state index in [2.05, 4.69) is 5.32 Å². The van der Waals surface area contributed by atoms with E-state index >= 15 is 0 Å². The number of amides is 3. The van der Waals surface area contributed by atoms with Crippen LogP contribution in [0.25, 0.3) is 0 Å². The number of hydrogen-bond acceptors (Lipinski definition) is 6. The Bertz CT molecular complexity index is 1100. The summed E-state index contributed by atoms with van der Waals surface area (Å²) in [6.07, 6.45) is 0.929. The standard InChI is InChI=1S/C22H24N2O6S/c1-4-14(5-2)31(28,29)15-10-11-19(30-3)18(12-15)23-20(25)13-24-21(26)16-8-6-7-9-17(16)22(24)27/h6-12,14H,4-5,13H2,1-3H3,(H,23,25). The molecule has 1 heterocycles. The van der Waals surface area contributed by atoms with E-state index in [1.54, 1.807) is 26.0 Å². The summed E-state index contributed by atoms with van der Waals surface area (Å²) in [5.74, 6) is -1.48. The van der Waals surface area contributed by atoms with Crippen molar-refractivity contribution in [3.8, 4) is 5.75 Å². The fraction of sp³-hybridized carbons (Fsp3) is 0.318. The van der Waals surface area contributed by atoms with E-state index in [0.29, 0.717) is 12.8 Å². The lowest BCUT2D eigenvalue weighted by Gasteiger charge is -2.17. The van der Waals surface area contributed by atoms with Crippen LogP contribution < -0.4 is 10.1 Å². The molecule has 1 aliphatic heterocycles. The molecule has 31 heavy (non-hydrogen) atoms. The van der Waals surface area contributed by atoms with E-state index in [1.807, 2.05) is 0 Å². The monoisotopic (exact) mass is 444 g/mol.